The van der Waals surface area contributed by atoms with Gasteiger partial charge in [0.15, 0.2) is 5.16 Å². The normalized spacial score (nSPS) is 15.7. The topological polar surface area (TPSA) is 53.9 Å². The van der Waals surface area contributed by atoms with Gasteiger partial charge in [0.2, 0.25) is 11.9 Å². The van der Waals surface area contributed by atoms with Crippen LogP contribution < -0.4 is 10.2 Å². The zero-order valence-electron chi connectivity index (χ0n) is 12.7. The van der Waals surface area contributed by atoms with Crippen molar-refractivity contribution >= 4 is 23.7 Å². The SMILES string of the molecule is CCCNc1nc(SC(C)C)nc(N2CCCCC2)n1. The molecule has 0 atom stereocenters. The quantitative estimate of drug-likeness (QED) is 0.814. The Labute approximate surface area is 126 Å². The van der Waals surface area contributed by atoms with Gasteiger partial charge in [-0.1, -0.05) is 32.5 Å². The van der Waals surface area contributed by atoms with Crippen molar-refractivity contribution in [3.8, 4) is 0 Å². The molecule has 0 bridgehead atoms. The van der Waals surface area contributed by atoms with Crippen LogP contribution >= 0.6 is 11.8 Å². The zero-order chi connectivity index (χ0) is 14.4. The van der Waals surface area contributed by atoms with Crippen LogP contribution in [0.25, 0.3) is 0 Å². The maximum Gasteiger partial charge on any atom is 0.231 e. The summed E-state index contributed by atoms with van der Waals surface area (Å²) < 4.78 is 0. The van der Waals surface area contributed by atoms with E-state index < -0.39 is 0 Å². The van der Waals surface area contributed by atoms with E-state index >= 15 is 0 Å². The summed E-state index contributed by atoms with van der Waals surface area (Å²) in [4.78, 5) is 16.0. The second-order valence-electron chi connectivity index (χ2n) is 5.38. The van der Waals surface area contributed by atoms with Crippen molar-refractivity contribution in [2.24, 2.45) is 0 Å². The second kappa shape index (κ2) is 7.67. The highest BCUT2D eigenvalue weighted by molar-refractivity contribution is 7.99. The third-order valence-corrected chi connectivity index (χ3v) is 3.98. The zero-order valence-corrected chi connectivity index (χ0v) is 13.5. The average Bonchev–Trinajstić information content (AvgIpc) is 2.45. The first-order valence-electron chi connectivity index (χ1n) is 7.60. The van der Waals surface area contributed by atoms with Crippen LogP contribution in [-0.2, 0) is 0 Å². The van der Waals surface area contributed by atoms with Gasteiger partial charge >= 0.3 is 0 Å². The van der Waals surface area contributed by atoms with Gasteiger partial charge in [-0.05, 0) is 25.7 Å². The molecule has 112 valence electrons. The Balaban J connectivity index is 2.19. The van der Waals surface area contributed by atoms with Crippen molar-refractivity contribution in [3.05, 3.63) is 0 Å². The minimum absolute atomic E-state index is 0.477. The molecule has 5 nitrogen and oxygen atoms in total. The molecule has 0 unspecified atom stereocenters. The minimum Gasteiger partial charge on any atom is -0.354 e. The molecule has 0 spiro atoms. The van der Waals surface area contributed by atoms with Crippen LogP contribution in [0.3, 0.4) is 0 Å². The van der Waals surface area contributed by atoms with E-state index in [4.69, 9.17) is 0 Å². The van der Waals surface area contributed by atoms with Gasteiger partial charge in [-0.25, -0.2) is 0 Å². The van der Waals surface area contributed by atoms with Crippen molar-refractivity contribution in [3.63, 3.8) is 0 Å². The molecule has 1 aliphatic heterocycles. The molecule has 2 rings (SSSR count). The lowest BCUT2D eigenvalue weighted by molar-refractivity contribution is 0.565. The van der Waals surface area contributed by atoms with E-state index in [2.05, 4.69) is 45.9 Å². The van der Waals surface area contributed by atoms with E-state index in [1.165, 1.54) is 19.3 Å². The van der Waals surface area contributed by atoms with Crippen molar-refractivity contribution in [2.75, 3.05) is 29.9 Å². The molecule has 0 radical (unpaired) electrons. The maximum absolute atomic E-state index is 4.63. The number of hydrogen-bond acceptors (Lipinski definition) is 6. The fraction of sp³-hybridized carbons (Fsp3) is 0.786. The van der Waals surface area contributed by atoms with E-state index in [0.29, 0.717) is 11.2 Å². The van der Waals surface area contributed by atoms with Gasteiger partial charge in [0.05, 0.1) is 0 Å². The van der Waals surface area contributed by atoms with Gasteiger partial charge in [-0.15, -0.1) is 0 Å². The molecule has 1 saturated heterocycles. The lowest BCUT2D eigenvalue weighted by Crippen LogP contribution is -2.31. The van der Waals surface area contributed by atoms with Gasteiger partial charge in [0, 0.05) is 24.9 Å². The second-order valence-corrected chi connectivity index (χ2v) is 6.93. The lowest BCUT2D eigenvalue weighted by Gasteiger charge is -2.27. The van der Waals surface area contributed by atoms with E-state index in [-0.39, 0.29) is 0 Å². The summed E-state index contributed by atoms with van der Waals surface area (Å²) in [5.41, 5.74) is 0. The van der Waals surface area contributed by atoms with Crippen LogP contribution in [-0.4, -0.2) is 39.8 Å². The molecule has 1 fully saturated rings. The average molecular weight is 295 g/mol. The Morgan fingerprint density at radius 1 is 1.15 bits per heavy atom. The van der Waals surface area contributed by atoms with Crippen molar-refractivity contribution in [2.45, 2.75) is 56.9 Å². The highest BCUT2D eigenvalue weighted by Crippen LogP contribution is 2.23. The Hall–Kier alpha value is -1.04. The van der Waals surface area contributed by atoms with Crippen LogP contribution in [0, 0.1) is 0 Å². The summed E-state index contributed by atoms with van der Waals surface area (Å²) >= 11 is 1.70. The number of nitrogens with zero attached hydrogens (tertiary/aromatic N) is 4. The predicted octanol–water partition coefficient (Wildman–Crippen LogP) is 3.18. The number of aromatic nitrogens is 3. The Kier molecular flexibility index (Phi) is 5.88. The van der Waals surface area contributed by atoms with E-state index in [9.17, 15) is 0 Å². The smallest absolute Gasteiger partial charge is 0.231 e. The summed E-state index contributed by atoms with van der Waals surface area (Å²) in [7, 11) is 0. The molecule has 0 aliphatic carbocycles. The molecule has 0 amide bonds. The largest absolute Gasteiger partial charge is 0.354 e. The molecule has 20 heavy (non-hydrogen) atoms. The van der Waals surface area contributed by atoms with Crippen molar-refractivity contribution < 1.29 is 0 Å². The molecule has 0 aromatic carbocycles. The minimum atomic E-state index is 0.477. The molecule has 0 saturated carbocycles. The molecule has 1 N–H and O–H groups in total. The van der Waals surface area contributed by atoms with Gasteiger partial charge < -0.3 is 10.2 Å². The number of nitrogens with one attached hydrogen (secondary N) is 1. The Bertz CT molecular complexity index is 418. The van der Waals surface area contributed by atoms with Gasteiger partial charge in [0.1, 0.15) is 0 Å². The first-order valence-corrected chi connectivity index (χ1v) is 8.48. The monoisotopic (exact) mass is 295 g/mol. The number of piperidine rings is 1. The lowest BCUT2D eigenvalue weighted by atomic mass is 10.1. The number of thioether (sulfide) groups is 1. The van der Waals surface area contributed by atoms with Crippen molar-refractivity contribution in [1.29, 1.82) is 0 Å². The third-order valence-electron chi connectivity index (χ3n) is 3.12. The molecule has 1 aliphatic rings. The number of rotatable bonds is 6. The first-order chi connectivity index (χ1) is 9.69. The standard InChI is InChI=1S/C14H25N5S/c1-4-8-15-12-16-13(19-9-6-5-7-10-19)18-14(17-12)20-11(2)3/h11H,4-10H2,1-3H3,(H,15,16,17,18). The summed E-state index contributed by atoms with van der Waals surface area (Å²) in [5.74, 6) is 1.55. The van der Waals surface area contributed by atoms with Crippen LogP contribution in [0.15, 0.2) is 5.16 Å². The molecule has 1 aromatic rings. The van der Waals surface area contributed by atoms with Crippen LogP contribution in [0.5, 0.6) is 0 Å². The fourth-order valence-corrected chi connectivity index (χ4v) is 2.86. The summed E-state index contributed by atoms with van der Waals surface area (Å²) in [6.07, 6.45) is 4.85. The molecule has 1 aromatic heterocycles. The predicted molar refractivity (Wildman–Crippen MR) is 85.7 cm³/mol. The molecule has 2 heterocycles. The van der Waals surface area contributed by atoms with Crippen molar-refractivity contribution in [1.82, 2.24) is 15.0 Å². The highest BCUT2D eigenvalue weighted by Gasteiger charge is 2.16. The first kappa shape index (κ1) is 15.4. The maximum atomic E-state index is 4.63. The van der Waals surface area contributed by atoms with E-state index in [0.717, 1.165) is 37.2 Å². The Morgan fingerprint density at radius 2 is 1.90 bits per heavy atom. The highest BCUT2D eigenvalue weighted by atomic mass is 32.2. The molecular formula is C14H25N5S. The number of hydrogen-bond donors (Lipinski definition) is 1. The van der Waals surface area contributed by atoms with Gasteiger partial charge in [-0.2, -0.15) is 15.0 Å². The van der Waals surface area contributed by atoms with Gasteiger partial charge in [0.25, 0.3) is 0 Å². The van der Waals surface area contributed by atoms with Crippen LogP contribution in [0.4, 0.5) is 11.9 Å². The summed E-state index contributed by atoms with van der Waals surface area (Å²) in [6.45, 7) is 9.48. The van der Waals surface area contributed by atoms with Crippen LogP contribution in [0.1, 0.15) is 46.5 Å². The third kappa shape index (κ3) is 4.51. The molecular weight excluding hydrogens is 270 g/mol. The van der Waals surface area contributed by atoms with E-state index in [1.807, 2.05) is 0 Å². The Morgan fingerprint density at radius 3 is 2.55 bits per heavy atom. The van der Waals surface area contributed by atoms with Gasteiger partial charge in [-0.3, -0.25) is 0 Å². The molecule has 6 heteroatoms. The fourth-order valence-electron chi connectivity index (χ4n) is 2.16. The van der Waals surface area contributed by atoms with Crippen LogP contribution in [0.2, 0.25) is 0 Å². The summed E-state index contributed by atoms with van der Waals surface area (Å²) in [6, 6.07) is 0. The van der Waals surface area contributed by atoms with E-state index in [1.54, 1.807) is 11.8 Å². The summed E-state index contributed by atoms with van der Waals surface area (Å²) in [5, 5.41) is 4.59. The number of anilines is 2.